The van der Waals surface area contributed by atoms with Crippen molar-refractivity contribution in [1.29, 1.82) is 0 Å². The molecule has 1 fully saturated rings. The zero-order valence-corrected chi connectivity index (χ0v) is 14.1. The van der Waals surface area contributed by atoms with Crippen molar-refractivity contribution >= 4 is 11.6 Å². The third kappa shape index (κ3) is 3.70. The molecule has 0 saturated carbocycles. The fourth-order valence-electron chi connectivity index (χ4n) is 3.30. The minimum atomic E-state index is 0.0518. The van der Waals surface area contributed by atoms with E-state index in [2.05, 4.69) is 12.1 Å². The van der Waals surface area contributed by atoms with Gasteiger partial charge in [-0.1, -0.05) is 24.3 Å². The molecular formula is C20H24N2O2. The zero-order chi connectivity index (χ0) is 16.9. The first-order valence-corrected chi connectivity index (χ1v) is 8.44. The zero-order valence-electron chi connectivity index (χ0n) is 14.1. The Balaban J connectivity index is 1.55. The number of benzene rings is 2. The maximum atomic E-state index is 12.6. The van der Waals surface area contributed by atoms with Gasteiger partial charge in [0.05, 0.1) is 12.7 Å². The number of carbonyl (C=O) groups excluding carboxylic acids is 1. The lowest BCUT2D eigenvalue weighted by Crippen LogP contribution is -2.39. The van der Waals surface area contributed by atoms with Crippen molar-refractivity contribution in [1.82, 2.24) is 4.90 Å². The van der Waals surface area contributed by atoms with E-state index in [4.69, 9.17) is 10.5 Å². The van der Waals surface area contributed by atoms with Crippen LogP contribution in [0, 0.1) is 5.92 Å². The first-order chi connectivity index (χ1) is 11.7. The lowest BCUT2D eigenvalue weighted by molar-refractivity contribution is 0.0691. The van der Waals surface area contributed by atoms with E-state index < -0.39 is 0 Å². The summed E-state index contributed by atoms with van der Waals surface area (Å²) in [6, 6.07) is 15.6. The van der Waals surface area contributed by atoms with Gasteiger partial charge in [0.25, 0.3) is 5.91 Å². The molecule has 2 aromatic rings. The Labute approximate surface area is 143 Å². The molecule has 1 amide bonds. The predicted molar refractivity (Wildman–Crippen MR) is 96.2 cm³/mol. The Hall–Kier alpha value is -2.49. The Morgan fingerprint density at radius 3 is 2.42 bits per heavy atom. The SMILES string of the molecule is COc1ccc(CC2CCN(C(=O)c3ccccc3N)CC2)cc1. The number of nitrogens with two attached hydrogens (primary N) is 1. The molecule has 0 aliphatic carbocycles. The van der Waals surface area contributed by atoms with Crippen LogP contribution in [-0.2, 0) is 6.42 Å². The molecule has 4 nitrogen and oxygen atoms in total. The van der Waals surface area contributed by atoms with Gasteiger partial charge >= 0.3 is 0 Å². The highest BCUT2D eigenvalue weighted by atomic mass is 16.5. The number of nitrogens with zero attached hydrogens (tertiary/aromatic N) is 1. The second kappa shape index (κ2) is 7.39. The van der Waals surface area contributed by atoms with Gasteiger partial charge in [-0.15, -0.1) is 0 Å². The molecule has 2 N–H and O–H groups in total. The van der Waals surface area contributed by atoms with Crippen molar-refractivity contribution in [2.24, 2.45) is 5.92 Å². The minimum absolute atomic E-state index is 0.0518. The average molecular weight is 324 g/mol. The largest absolute Gasteiger partial charge is 0.497 e. The maximum Gasteiger partial charge on any atom is 0.255 e. The van der Waals surface area contributed by atoms with E-state index in [9.17, 15) is 4.79 Å². The van der Waals surface area contributed by atoms with Gasteiger partial charge in [0, 0.05) is 18.8 Å². The molecule has 0 atom stereocenters. The minimum Gasteiger partial charge on any atom is -0.497 e. The molecule has 4 heteroatoms. The van der Waals surface area contributed by atoms with Gasteiger partial charge in [0.15, 0.2) is 0 Å². The maximum absolute atomic E-state index is 12.6. The monoisotopic (exact) mass is 324 g/mol. The number of hydrogen-bond donors (Lipinski definition) is 1. The van der Waals surface area contributed by atoms with E-state index in [1.165, 1.54) is 5.56 Å². The number of hydrogen-bond acceptors (Lipinski definition) is 3. The number of para-hydroxylation sites is 1. The highest BCUT2D eigenvalue weighted by Gasteiger charge is 2.24. The molecule has 1 aliphatic rings. The van der Waals surface area contributed by atoms with Gasteiger partial charge in [-0.25, -0.2) is 0 Å². The third-order valence-electron chi connectivity index (χ3n) is 4.78. The summed E-state index contributed by atoms with van der Waals surface area (Å²) in [5.41, 5.74) is 8.43. The second-order valence-corrected chi connectivity index (χ2v) is 6.38. The number of nitrogen functional groups attached to an aromatic ring is 1. The summed E-state index contributed by atoms with van der Waals surface area (Å²) in [5.74, 6) is 1.56. The van der Waals surface area contributed by atoms with Crippen LogP contribution in [0.4, 0.5) is 5.69 Å². The van der Waals surface area contributed by atoms with Gasteiger partial charge in [0.1, 0.15) is 5.75 Å². The number of piperidine rings is 1. The number of anilines is 1. The summed E-state index contributed by atoms with van der Waals surface area (Å²) in [7, 11) is 1.68. The van der Waals surface area contributed by atoms with Gasteiger partial charge in [-0.3, -0.25) is 4.79 Å². The van der Waals surface area contributed by atoms with E-state index in [0.29, 0.717) is 17.2 Å². The quantitative estimate of drug-likeness (QED) is 0.877. The number of methoxy groups -OCH3 is 1. The normalized spacial score (nSPS) is 15.3. The van der Waals surface area contributed by atoms with E-state index in [0.717, 1.165) is 38.1 Å². The molecule has 24 heavy (non-hydrogen) atoms. The van der Waals surface area contributed by atoms with Crippen molar-refractivity contribution in [3.8, 4) is 5.75 Å². The van der Waals surface area contributed by atoms with E-state index in [1.807, 2.05) is 29.2 Å². The van der Waals surface area contributed by atoms with Crippen LogP contribution >= 0.6 is 0 Å². The molecule has 1 saturated heterocycles. The molecular weight excluding hydrogens is 300 g/mol. The Bertz CT molecular complexity index is 689. The smallest absolute Gasteiger partial charge is 0.255 e. The van der Waals surface area contributed by atoms with Gasteiger partial charge in [0.2, 0.25) is 0 Å². The highest BCUT2D eigenvalue weighted by Crippen LogP contribution is 2.24. The lowest BCUT2D eigenvalue weighted by Gasteiger charge is -2.32. The Kier molecular flexibility index (Phi) is 5.04. The van der Waals surface area contributed by atoms with E-state index >= 15 is 0 Å². The summed E-state index contributed by atoms with van der Waals surface area (Å²) < 4.78 is 5.20. The fraction of sp³-hybridized carbons (Fsp3) is 0.350. The highest BCUT2D eigenvalue weighted by molar-refractivity contribution is 5.99. The van der Waals surface area contributed by atoms with Crippen LogP contribution in [0.15, 0.2) is 48.5 Å². The van der Waals surface area contributed by atoms with Crippen LogP contribution in [0.1, 0.15) is 28.8 Å². The average Bonchev–Trinajstić information content (AvgIpc) is 2.63. The number of carbonyl (C=O) groups is 1. The molecule has 0 unspecified atom stereocenters. The van der Waals surface area contributed by atoms with Gasteiger partial charge in [-0.2, -0.15) is 0 Å². The Morgan fingerprint density at radius 1 is 1.12 bits per heavy atom. The fourth-order valence-corrected chi connectivity index (χ4v) is 3.30. The van der Waals surface area contributed by atoms with Crippen LogP contribution in [0.5, 0.6) is 5.75 Å². The summed E-state index contributed by atoms with van der Waals surface area (Å²) in [6.45, 7) is 1.60. The molecule has 0 spiro atoms. The Morgan fingerprint density at radius 2 is 1.79 bits per heavy atom. The number of amides is 1. The topological polar surface area (TPSA) is 55.6 Å². The molecule has 0 bridgehead atoms. The lowest BCUT2D eigenvalue weighted by atomic mass is 9.90. The van der Waals surface area contributed by atoms with Crippen LogP contribution in [-0.4, -0.2) is 31.0 Å². The van der Waals surface area contributed by atoms with Crippen LogP contribution < -0.4 is 10.5 Å². The van der Waals surface area contributed by atoms with E-state index in [-0.39, 0.29) is 5.91 Å². The molecule has 1 heterocycles. The third-order valence-corrected chi connectivity index (χ3v) is 4.78. The molecule has 3 rings (SSSR count). The molecule has 126 valence electrons. The molecule has 2 aromatic carbocycles. The van der Waals surface area contributed by atoms with Crippen molar-refractivity contribution in [3.63, 3.8) is 0 Å². The van der Waals surface area contributed by atoms with Gasteiger partial charge < -0.3 is 15.4 Å². The van der Waals surface area contributed by atoms with Crippen molar-refractivity contribution < 1.29 is 9.53 Å². The standard InChI is InChI=1S/C20H24N2O2/c1-24-17-8-6-15(7-9-17)14-16-10-12-22(13-11-16)20(23)18-4-2-3-5-19(18)21/h2-9,16H,10-14,21H2,1H3. The summed E-state index contributed by atoms with van der Waals surface area (Å²) in [4.78, 5) is 14.5. The van der Waals surface area contributed by atoms with Gasteiger partial charge in [-0.05, 0) is 55.0 Å². The van der Waals surface area contributed by atoms with Crippen molar-refractivity contribution in [3.05, 3.63) is 59.7 Å². The summed E-state index contributed by atoms with van der Waals surface area (Å²) in [6.07, 6.45) is 3.12. The van der Waals surface area contributed by atoms with Crippen molar-refractivity contribution in [2.45, 2.75) is 19.3 Å². The summed E-state index contributed by atoms with van der Waals surface area (Å²) in [5, 5.41) is 0. The molecule has 0 radical (unpaired) electrons. The van der Waals surface area contributed by atoms with E-state index in [1.54, 1.807) is 19.2 Å². The number of rotatable bonds is 4. The van der Waals surface area contributed by atoms with Crippen molar-refractivity contribution in [2.75, 3.05) is 25.9 Å². The first-order valence-electron chi connectivity index (χ1n) is 8.44. The second-order valence-electron chi connectivity index (χ2n) is 6.38. The number of ether oxygens (including phenoxy) is 1. The summed E-state index contributed by atoms with van der Waals surface area (Å²) >= 11 is 0. The van der Waals surface area contributed by atoms with Crippen LogP contribution in [0.3, 0.4) is 0 Å². The first kappa shape index (κ1) is 16.4. The molecule has 1 aliphatic heterocycles. The molecule has 0 aromatic heterocycles. The van der Waals surface area contributed by atoms with Crippen LogP contribution in [0.2, 0.25) is 0 Å². The number of likely N-dealkylation sites (tertiary alicyclic amines) is 1. The van der Waals surface area contributed by atoms with Crippen LogP contribution in [0.25, 0.3) is 0 Å². The predicted octanol–water partition coefficient (Wildman–Crippen LogP) is 3.37.